The van der Waals surface area contributed by atoms with Gasteiger partial charge in [-0.1, -0.05) is 6.92 Å². The predicted molar refractivity (Wildman–Crippen MR) is 71.7 cm³/mol. The molecule has 0 atom stereocenters. The zero-order valence-corrected chi connectivity index (χ0v) is 11.4. The van der Waals surface area contributed by atoms with E-state index in [0.717, 1.165) is 30.0 Å². The predicted octanol–water partition coefficient (Wildman–Crippen LogP) is 2.38. The molecule has 4 nitrogen and oxygen atoms in total. The molecule has 96 valence electrons. The van der Waals surface area contributed by atoms with Gasteiger partial charge in [-0.05, 0) is 57.5 Å². The molecule has 0 aromatic carbocycles. The molecule has 5 heteroatoms. The van der Waals surface area contributed by atoms with Crippen molar-refractivity contribution in [2.45, 2.75) is 45.6 Å². The van der Waals surface area contributed by atoms with E-state index >= 15 is 0 Å². The molecule has 1 aromatic heterocycles. The van der Waals surface area contributed by atoms with E-state index < -0.39 is 0 Å². The van der Waals surface area contributed by atoms with E-state index in [-0.39, 0.29) is 0 Å². The first-order valence-corrected chi connectivity index (χ1v) is 7.08. The molecule has 0 radical (unpaired) electrons. The highest BCUT2D eigenvalue weighted by atomic mass is 32.1. The fourth-order valence-electron chi connectivity index (χ4n) is 2.45. The fourth-order valence-corrected chi connectivity index (χ4v) is 2.70. The summed E-state index contributed by atoms with van der Waals surface area (Å²) >= 11 is 5.27. The summed E-state index contributed by atoms with van der Waals surface area (Å²) in [6.07, 6.45) is 6.03. The van der Waals surface area contributed by atoms with Crippen molar-refractivity contribution in [2.75, 3.05) is 19.6 Å². The van der Waals surface area contributed by atoms with E-state index in [4.69, 9.17) is 12.2 Å². The lowest BCUT2D eigenvalue weighted by Crippen LogP contribution is -2.21. The third-order valence-corrected chi connectivity index (χ3v) is 3.68. The smallest absolute Gasteiger partial charge is 0.195 e. The lowest BCUT2D eigenvalue weighted by atomic mass is 10.3. The highest BCUT2D eigenvalue weighted by Gasteiger charge is 2.11. The summed E-state index contributed by atoms with van der Waals surface area (Å²) in [5, 5.41) is 7.19. The Bertz CT molecular complexity index is 389. The Kier molecular flexibility index (Phi) is 4.74. The number of nitrogens with one attached hydrogen (secondary N) is 1. The van der Waals surface area contributed by atoms with Crippen molar-refractivity contribution in [1.29, 1.82) is 0 Å². The van der Waals surface area contributed by atoms with Crippen LogP contribution in [0.4, 0.5) is 0 Å². The minimum Gasteiger partial charge on any atom is -0.304 e. The number of H-pyrrole nitrogens is 1. The quantitative estimate of drug-likeness (QED) is 0.792. The van der Waals surface area contributed by atoms with Crippen LogP contribution < -0.4 is 0 Å². The Labute approximate surface area is 108 Å². The molecule has 1 aliphatic heterocycles. The van der Waals surface area contributed by atoms with E-state index in [1.165, 1.54) is 38.9 Å². The molecule has 0 spiro atoms. The Morgan fingerprint density at radius 2 is 2.06 bits per heavy atom. The van der Waals surface area contributed by atoms with Gasteiger partial charge in [0.2, 0.25) is 0 Å². The molecule has 0 saturated carbocycles. The molecule has 1 saturated heterocycles. The monoisotopic (exact) mass is 254 g/mol. The molecule has 1 fully saturated rings. The van der Waals surface area contributed by atoms with Crippen LogP contribution in [-0.2, 0) is 13.0 Å². The van der Waals surface area contributed by atoms with Gasteiger partial charge in [-0.2, -0.15) is 5.10 Å². The van der Waals surface area contributed by atoms with Crippen LogP contribution in [-0.4, -0.2) is 39.3 Å². The first kappa shape index (κ1) is 12.8. The molecule has 0 bridgehead atoms. The summed E-state index contributed by atoms with van der Waals surface area (Å²) in [5.74, 6) is 1.11. The van der Waals surface area contributed by atoms with Crippen LogP contribution >= 0.6 is 12.2 Å². The van der Waals surface area contributed by atoms with Crippen molar-refractivity contribution in [3.05, 3.63) is 10.6 Å². The maximum Gasteiger partial charge on any atom is 0.195 e. The minimum atomic E-state index is 0.773. The molecule has 0 amide bonds. The van der Waals surface area contributed by atoms with E-state index in [1.807, 2.05) is 0 Å². The van der Waals surface area contributed by atoms with Crippen LogP contribution in [0.1, 0.15) is 38.4 Å². The second kappa shape index (κ2) is 6.31. The lowest BCUT2D eigenvalue weighted by molar-refractivity contribution is 0.324. The van der Waals surface area contributed by atoms with E-state index in [9.17, 15) is 0 Å². The first-order valence-electron chi connectivity index (χ1n) is 6.67. The van der Waals surface area contributed by atoms with Crippen LogP contribution in [0.5, 0.6) is 0 Å². The number of hydrogen-bond donors (Lipinski definition) is 1. The van der Waals surface area contributed by atoms with Crippen molar-refractivity contribution in [1.82, 2.24) is 19.7 Å². The van der Waals surface area contributed by atoms with Gasteiger partial charge in [0.05, 0.1) is 0 Å². The number of aromatic amines is 1. The zero-order valence-electron chi connectivity index (χ0n) is 10.6. The second-order valence-corrected chi connectivity index (χ2v) is 5.14. The summed E-state index contributed by atoms with van der Waals surface area (Å²) in [7, 11) is 0. The third kappa shape index (κ3) is 3.39. The molecule has 1 N–H and O–H groups in total. The highest BCUT2D eigenvalue weighted by molar-refractivity contribution is 7.71. The topological polar surface area (TPSA) is 36.9 Å². The number of aromatic nitrogens is 3. The maximum absolute atomic E-state index is 5.27. The van der Waals surface area contributed by atoms with Gasteiger partial charge in [0.15, 0.2) is 4.77 Å². The van der Waals surface area contributed by atoms with Crippen molar-refractivity contribution in [3.8, 4) is 0 Å². The van der Waals surface area contributed by atoms with Crippen LogP contribution in [0.25, 0.3) is 0 Å². The van der Waals surface area contributed by atoms with E-state index in [1.54, 1.807) is 0 Å². The van der Waals surface area contributed by atoms with Crippen LogP contribution in [0.2, 0.25) is 0 Å². The normalized spacial score (nSPS) is 16.8. The number of hydrogen-bond acceptors (Lipinski definition) is 3. The fraction of sp³-hybridized carbons (Fsp3) is 0.833. The van der Waals surface area contributed by atoms with Gasteiger partial charge in [-0.3, -0.25) is 5.10 Å². The summed E-state index contributed by atoms with van der Waals surface area (Å²) in [6, 6.07) is 0. The highest BCUT2D eigenvalue weighted by Crippen LogP contribution is 2.09. The lowest BCUT2D eigenvalue weighted by Gasteiger charge is -2.14. The van der Waals surface area contributed by atoms with Crippen molar-refractivity contribution in [3.63, 3.8) is 0 Å². The van der Waals surface area contributed by atoms with Gasteiger partial charge in [0.25, 0.3) is 0 Å². The Morgan fingerprint density at radius 1 is 1.29 bits per heavy atom. The summed E-state index contributed by atoms with van der Waals surface area (Å²) in [6.45, 7) is 6.92. The van der Waals surface area contributed by atoms with Crippen LogP contribution in [0, 0.1) is 4.77 Å². The van der Waals surface area contributed by atoms with Gasteiger partial charge in [-0.25, -0.2) is 0 Å². The standard InChI is InChI=1S/C12H22N4S/c1-2-6-11-13-14-12(17)16(11)10-5-9-15-7-3-4-8-15/h2-10H2,1H3,(H,14,17). The molecular formula is C12H22N4S. The molecule has 2 rings (SSSR count). The average molecular weight is 254 g/mol. The molecule has 2 heterocycles. The van der Waals surface area contributed by atoms with Gasteiger partial charge >= 0.3 is 0 Å². The summed E-state index contributed by atoms with van der Waals surface area (Å²) in [4.78, 5) is 2.54. The third-order valence-electron chi connectivity index (χ3n) is 3.37. The van der Waals surface area contributed by atoms with E-state index in [2.05, 4.69) is 26.6 Å². The minimum absolute atomic E-state index is 0.773. The van der Waals surface area contributed by atoms with Gasteiger partial charge in [0, 0.05) is 13.0 Å². The number of rotatable bonds is 6. The molecule has 0 unspecified atom stereocenters. The SMILES string of the molecule is CCCc1n[nH]c(=S)n1CCCN1CCCC1. The molecule has 0 aliphatic carbocycles. The first-order chi connectivity index (χ1) is 8.31. The van der Waals surface area contributed by atoms with E-state index in [0.29, 0.717) is 0 Å². The Morgan fingerprint density at radius 3 is 2.76 bits per heavy atom. The molecule has 17 heavy (non-hydrogen) atoms. The molecular weight excluding hydrogens is 232 g/mol. The van der Waals surface area contributed by atoms with Gasteiger partial charge in [-0.15, -0.1) is 0 Å². The maximum atomic E-state index is 5.27. The van der Waals surface area contributed by atoms with Crippen LogP contribution in [0.3, 0.4) is 0 Å². The summed E-state index contributed by atoms with van der Waals surface area (Å²) < 4.78 is 2.93. The van der Waals surface area contributed by atoms with Crippen molar-refractivity contribution in [2.24, 2.45) is 0 Å². The van der Waals surface area contributed by atoms with Crippen molar-refractivity contribution >= 4 is 12.2 Å². The zero-order chi connectivity index (χ0) is 12.1. The largest absolute Gasteiger partial charge is 0.304 e. The Balaban J connectivity index is 1.84. The molecule has 1 aromatic rings. The Hall–Kier alpha value is -0.680. The van der Waals surface area contributed by atoms with Crippen LogP contribution in [0.15, 0.2) is 0 Å². The average Bonchev–Trinajstić information content (AvgIpc) is 2.93. The van der Waals surface area contributed by atoms with Crippen molar-refractivity contribution < 1.29 is 0 Å². The number of aryl methyl sites for hydroxylation is 1. The number of likely N-dealkylation sites (tertiary alicyclic amines) is 1. The second-order valence-electron chi connectivity index (χ2n) is 4.75. The molecule has 1 aliphatic rings. The summed E-state index contributed by atoms with van der Waals surface area (Å²) in [5.41, 5.74) is 0. The number of nitrogens with zero attached hydrogens (tertiary/aromatic N) is 3. The van der Waals surface area contributed by atoms with Gasteiger partial charge in [0.1, 0.15) is 5.82 Å². The van der Waals surface area contributed by atoms with Gasteiger partial charge < -0.3 is 9.47 Å².